The van der Waals surface area contributed by atoms with Crippen LogP contribution < -0.4 is 15.3 Å². The largest absolute Gasteiger partial charge is 0.515 e. The van der Waals surface area contributed by atoms with Crippen LogP contribution in [-0.4, -0.2) is 50.5 Å². The Bertz CT molecular complexity index is 864. The molecule has 0 radical (unpaired) electrons. The smallest absolute Gasteiger partial charge is 0.341 e. The van der Waals surface area contributed by atoms with Crippen LogP contribution in [0.5, 0.6) is 0 Å². The summed E-state index contributed by atoms with van der Waals surface area (Å²) in [6.07, 6.45) is 3.74. The van der Waals surface area contributed by atoms with Crippen molar-refractivity contribution in [3.63, 3.8) is 0 Å². The molecule has 1 fully saturated rings. The Hall–Kier alpha value is -1.63. The van der Waals surface area contributed by atoms with Crippen LogP contribution in [0.25, 0.3) is 0 Å². The number of anilines is 1. The second-order valence-corrected chi connectivity index (χ2v) is 19.9. The van der Waals surface area contributed by atoms with E-state index < -0.39 is 16.6 Å². The number of fused-ring (bicyclic) bond motifs is 1. The first-order valence-corrected chi connectivity index (χ1v) is 17.7. The van der Waals surface area contributed by atoms with Crippen molar-refractivity contribution in [2.24, 2.45) is 0 Å². The number of amides is 1. The molecule has 2 aliphatic heterocycles. The topological polar surface area (TPSA) is 88.5 Å². The van der Waals surface area contributed by atoms with Crippen LogP contribution in [0, 0.1) is 0 Å². The Morgan fingerprint density at radius 1 is 1.34 bits per heavy atom. The predicted octanol–water partition coefficient (Wildman–Crippen LogP) is 1.90. The highest BCUT2D eigenvalue weighted by Crippen LogP contribution is 2.41. The summed E-state index contributed by atoms with van der Waals surface area (Å²) in [5, 5.41) is -0.0620. The van der Waals surface area contributed by atoms with E-state index >= 15 is 0 Å². The molecule has 0 spiro atoms. The molecule has 29 heavy (non-hydrogen) atoms. The standard InChI is InChI=1S/C19H31N4O3SSi2/c1-28(2,3)21-15-17(24)23-16(19(25)26-29(4,5)6)13(12-27-18(15)23)10-22-9-7-8-14(20)11-22/h7-9,11,15,18,21H,10,12,20H2,1-6H3/q+1/t15?,18-/m0/s1. The van der Waals surface area contributed by atoms with Crippen LogP contribution in [0.1, 0.15) is 0 Å². The number of hydrogen-bond donors (Lipinski definition) is 2. The van der Waals surface area contributed by atoms with E-state index in [-0.39, 0.29) is 23.3 Å². The Kier molecular flexibility index (Phi) is 6.01. The van der Waals surface area contributed by atoms with Gasteiger partial charge in [0, 0.05) is 17.4 Å². The molecule has 2 aliphatic rings. The minimum absolute atomic E-state index is 0.0396. The molecule has 2 atom stereocenters. The van der Waals surface area contributed by atoms with E-state index in [2.05, 4.69) is 24.6 Å². The molecule has 0 aromatic carbocycles. The zero-order chi connectivity index (χ0) is 21.6. The minimum Gasteiger partial charge on any atom is -0.515 e. The highest BCUT2D eigenvalue weighted by molar-refractivity contribution is 8.00. The van der Waals surface area contributed by atoms with Crippen LogP contribution >= 0.6 is 11.8 Å². The van der Waals surface area contributed by atoms with Crippen molar-refractivity contribution in [1.82, 2.24) is 9.88 Å². The summed E-state index contributed by atoms with van der Waals surface area (Å²) in [6.45, 7) is 12.9. The molecule has 3 N–H and O–H groups in total. The molecular formula is C19H31N4O3SSi2+. The van der Waals surface area contributed by atoms with Gasteiger partial charge < -0.3 is 15.1 Å². The number of nitrogens with two attached hydrogens (primary N) is 1. The Morgan fingerprint density at radius 3 is 2.62 bits per heavy atom. The Morgan fingerprint density at radius 2 is 2.03 bits per heavy atom. The van der Waals surface area contributed by atoms with Crippen LogP contribution in [0.3, 0.4) is 0 Å². The van der Waals surface area contributed by atoms with E-state index in [1.165, 1.54) is 0 Å². The third-order valence-electron chi connectivity index (χ3n) is 4.48. The van der Waals surface area contributed by atoms with E-state index in [1.54, 1.807) is 16.7 Å². The van der Waals surface area contributed by atoms with Gasteiger partial charge in [-0.05, 0) is 25.7 Å². The molecule has 1 unspecified atom stereocenters. The maximum Gasteiger partial charge on any atom is 0.341 e. The number of β-lactam (4-membered cyclic amide) rings is 1. The van der Waals surface area contributed by atoms with Crippen molar-refractivity contribution in [3.8, 4) is 0 Å². The van der Waals surface area contributed by atoms with Crippen molar-refractivity contribution < 1.29 is 18.6 Å². The molecule has 158 valence electrons. The van der Waals surface area contributed by atoms with Gasteiger partial charge in [0.15, 0.2) is 18.9 Å². The Labute approximate surface area is 178 Å². The average molecular weight is 452 g/mol. The van der Waals surface area contributed by atoms with E-state index in [9.17, 15) is 9.59 Å². The summed E-state index contributed by atoms with van der Waals surface area (Å²) < 4.78 is 7.74. The lowest BCUT2D eigenvalue weighted by atomic mass is 10.0. The molecule has 1 aromatic heterocycles. The first-order valence-electron chi connectivity index (χ1n) is 9.78. The Balaban J connectivity index is 1.94. The minimum atomic E-state index is -2.10. The van der Waals surface area contributed by atoms with Crippen molar-refractivity contribution in [1.29, 1.82) is 0 Å². The third-order valence-corrected chi connectivity index (χ3v) is 7.80. The fourth-order valence-electron chi connectivity index (χ4n) is 3.45. The van der Waals surface area contributed by atoms with Crippen LogP contribution in [0.2, 0.25) is 39.3 Å². The molecule has 3 heterocycles. The molecule has 10 heteroatoms. The summed E-state index contributed by atoms with van der Waals surface area (Å²) >= 11 is 1.70. The molecule has 3 rings (SSSR count). The van der Waals surface area contributed by atoms with Crippen molar-refractivity contribution in [2.75, 3.05) is 11.5 Å². The van der Waals surface area contributed by atoms with Gasteiger partial charge in [-0.3, -0.25) is 9.69 Å². The lowest BCUT2D eigenvalue weighted by Gasteiger charge is -2.51. The van der Waals surface area contributed by atoms with Gasteiger partial charge in [0.2, 0.25) is 14.2 Å². The van der Waals surface area contributed by atoms with E-state index in [0.717, 1.165) is 5.57 Å². The number of nitrogen functional groups attached to an aromatic ring is 1. The second kappa shape index (κ2) is 7.90. The molecule has 1 aromatic rings. The normalized spacial score (nSPS) is 22.3. The number of thioether (sulfide) groups is 1. The average Bonchev–Trinajstić information content (AvgIpc) is 2.57. The highest BCUT2D eigenvalue weighted by Gasteiger charge is 2.55. The predicted molar refractivity (Wildman–Crippen MR) is 121 cm³/mol. The summed E-state index contributed by atoms with van der Waals surface area (Å²) in [6, 6.07) is 3.46. The van der Waals surface area contributed by atoms with Gasteiger partial charge in [0.25, 0.3) is 0 Å². The van der Waals surface area contributed by atoms with E-state index in [0.29, 0.717) is 23.7 Å². The lowest BCUT2D eigenvalue weighted by Crippen LogP contribution is -2.73. The first-order chi connectivity index (χ1) is 13.4. The first kappa shape index (κ1) is 22.1. The number of nitrogens with zero attached hydrogens (tertiary/aromatic N) is 2. The maximum absolute atomic E-state index is 13.1. The van der Waals surface area contributed by atoms with Crippen molar-refractivity contribution in [2.45, 2.75) is 57.2 Å². The highest BCUT2D eigenvalue weighted by atomic mass is 32.2. The summed E-state index contributed by atoms with van der Waals surface area (Å²) in [4.78, 5) is 31.3. The van der Waals surface area contributed by atoms with Crippen LogP contribution in [0.15, 0.2) is 35.8 Å². The second-order valence-electron chi connectivity index (χ2n) is 9.55. The quantitative estimate of drug-likeness (QED) is 0.390. The van der Waals surface area contributed by atoms with Gasteiger partial charge in [-0.2, -0.15) is 4.57 Å². The van der Waals surface area contributed by atoms with Crippen LogP contribution in [-0.2, 0) is 20.6 Å². The van der Waals surface area contributed by atoms with Crippen LogP contribution in [0.4, 0.5) is 5.69 Å². The van der Waals surface area contributed by atoms with E-state index in [4.69, 9.17) is 10.2 Å². The molecule has 7 nitrogen and oxygen atoms in total. The molecular weight excluding hydrogens is 420 g/mol. The van der Waals surface area contributed by atoms with Gasteiger partial charge in [-0.1, -0.05) is 19.6 Å². The number of nitrogens with one attached hydrogen (secondary N) is 1. The van der Waals surface area contributed by atoms with Gasteiger partial charge in [-0.15, -0.1) is 11.8 Å². The number of carbonyl (C=O) groups is 2. The lowest BCUT2D eigenvalue weighted by molar-refractivity contribution is -0.688. The fourth-order valence-corrected chi connectivity index (χ4v) is 6.77. The number of carbonyl (C=O) groups excluding carboxylic acids is 2. The number of rotatable bonds is 6. The molecule has 0 saturated carbocycles. The number of pyridine rings is 1. The van der Waals surface area contributed by atoms with Crippen molar-refractivity contribution in [3.05, 3.63) is 35.8 Å². The van der Waals surface area contributed by atoms with Crippen molar-refractivity contribution >= 4 is 45.9 Å². The zero-order valence-corrected chi connectivity index (χ0v) is 20.8. The molecule has 0 bridgehead atoms. The molecule has 0 aliphatic carbocycles. The summed E-state index contributed by atoms with van der Waals surface area (Å²) in [7, 11) is -3.74. The monoisotopic (exact) mass is 451 g/mol. The number of hydrogen-bond acceptors (Lipinski definition) is 6. The summed E-state index contributed by atoms with van der Waals surface area (Å²) in [5.74, 6) is 0.256. The maximum atomic E-state index is 13.1. The molecule has 1 amide bonds. The SMILES string of the molecule is C[Si](C)(C)NC1C(=O)N2C(C(=O)O[Si](C)(C)C)=C(C[n+]3cccc(N)c3)CS[C@@H]12. The summed E-state index contributed by atoms with van der Waals surface area (Å²) in [5.41, 5.74) is 7.87. The zero-order valence-electron chi connectivity index (χ0n) is 18.0. The van der Waals surface area contributed by atoms with Gasteiger partial charge in [0.05, 0.1) is 5.69 Å². The van der Waals surface area contributed by atoms with E-state index in [1.807, 2.05) is 48.7 Å². The fraction of sp³-hybridized carbons (Fsp3) is 0.526. The van der Waals surface area contributed by atoms with Gasteiger partial charge >= 0.3 is 5.97 Å². The number of aromatic nitrogens is 1. The van der Waals surface area contributed by atoms with Gasteiger partial charge in [0.1, 0.15) is 25.3 Å². The molecule has 1 saturated heterocycles. The van der Waals surface area contributed by atoms with Gasteiger partial charge in [-0.25, -0.2) is 4.79 Å². The third kappa shape index (κ3) is 5.11.